The Morgan fingerprint density at radius 3 is 2.55 bits per heavy atom. The molecule has 0 saturated carbocycles. The van der Waals surface area contributed by atoms with Crippen molar-refractivity contribution in [2.24, 2.45) is 0 Å². The number of nitrogens with zero attached hydrogens (tertiary/aromatic N) is 1. The van der Waals surface area contributed by atoms with Gasteiger partial charge in [-0.3, -0.25) is 15.0 Å². The molecule has 7 heteroatoms. The second-order valence-corrected chi connectivity index (χ2v) is 7.58. The fourth-order valence-corrected chi connectivity index (χ4v) is 4.33. The number of rotatable bonds is 4. The molecule has 4 nitrogen and oxygen atoms in total. The van der Waals surface area contributed by atoms with E-state index in [0.717, 1.165) is 19.1 Å². The molecular formula is C13H15I3N2O2. The van der Waals surface area contributed by atoms with E-state index >= 15 is 0 Å². The van der Waals surface area contributed by atoms with Crippen molar-refractivity contribution < 1.29 is 9.59 Å². The van der Waals surface area contributed by atoms with Gasteiger partial charge in [0.25, 0.3) is 0 Å². The maximum absolute atomic E-state index is 12.2. The Labute approximate surface area is 159 Å². The molecule has 1 atom stereocenters. The van der Waals surface area contributed by atoms with E-state index in [2.05, 4.69) is 73.2 Å². The molecule has 0 aromatic heterocycles. The molecule has 20 heavy (non-hydrogen) atoms. The van der Waals surface area contributed by atoms with Gasteiger partial charge in [-0.15, -0.1) is 0 Å². The molecule has 1 N–H and O–H groups in total. The third-order valence-electron chi connectivity index (χ3n) is 2.48. The standard InChI is InChI=1S/C13H15I3N2O2/c1-3-5-11(20)18(17-8(2)19)13(16)9-6-4-7-10(14)12(9)15/h4,6-7,13H,3,5H2,1-2H3,(H,17,19). The van der Waals surface area contributed by atoms with Gasteiger partial charge in [0.2, 0.25) is 11.8 Å². The van der Waals surface area contributed by atoms with Gasteiger partial charge in [-0.05, 0) is 57.7 Å². The Morgan fingerprint density at radius 2 is 2.00 bits per heavy atom. The molecule has 1 aromatic rings. The van der Waals surface area contributed by atoms with Gasteiger partial charge in [-0.25, -0.2) is 5.01 Å². The molecule has 1 rings (SSSR count). The van der Waals surface area contributed by atoms with Crippen molar-refractivity contribution in [1.29, 1.82) is 0 Å². The van der Waals surface area contributed by atoms with Gasteiger partial charge in [0.1, 0.15) is 4.05 Å². The molecule has 0 aliphatic heterocycles. The van der Waals surface area contributed by atoms with Crippen LogP contribution in [0.3, 0.4) is 0 Å². The molecule has 0 spiro atoms. The summed E-state index contributed by atoms with van der Waals surface area (Å²) in [5.74, 6) is -0.312. The van der Waals surface area contributed by atoms with Gasteiger partial charge < -0.3 is 0 Å². The van der Waals surface area contributed by atoms with Crippen molar-refractivity contribution in [2.45, 2.75) is 30.7 Å². The Kier molecular flexibility index (Phi) is 8.01. The predicted octanol–water partition coefficient (Wildman–Crippen LogP) is 4.01. The highest BCUT2D eigenvalue weighted by atomic mass is 127. The fourth-order valence-electron chi connectivity index (χ4n) is 1.59. The number of alkyl halides is 1. The van der Waals surface area contributed by atoms with Crippen molar-refractivity contribution in [2.75, 3.05) is 0 Å². The smallest absolute Gasteiger partial charge is 0.242 e. The number of benzene rings is 1. The van der Waals surface area contributed by atoms with Crippen LogP contribution in [0.5, 0.6) is 0 Å². The Balaban J connectivity index is 3.09. The molecule has 1 unspecified atom stereocenters. The minimum Gasteiger partial charge on any atom is -0.274 e. The van der Waals surface area contributed by atoms with Crippen molar-refractivity contribution in [1.82, 2.24) is 10.4 Å². The SMILES string of the molecule is CCCC(=O)N(NC(C)=O)C(I)c1cccc(I)c1I. The lowest BCUT2D eigenvalue weighted by Crippen LogP contribution is -2.45. The average molecular weight is 612 g/mol. The van der Waals surface area contributed by atoms with E-state index < -0.39 is 0 Å². The lowest BCUT2D eigenvalue weighted by Gasteiger charge is -2.28. The summed E-state index contributed by atoms with van der Waals surface area (Å²) in [6.07, 6.45) is 1.17. The Hall–Kier alpha value is 0.350. The van der Waals surface area contributed by atoms with Crippen molar-refractivity contribution in [3.8, 4) is 0 Å². The van der Waals surface area contributed by atoms with E-state index in [1.807, 2.05) is 25.1 Å². The molecular weight excluding hydrogens is 597 g/mol. The molecule has 0 radical (unpaired) electrons. The summed E-state index contributed by atoms with van der Waals surface area (Å²) in [7, 11) is 0. The van der Waals surface area contributed by atoms with Crippen LogP contribution >= 0.6 is 67.8 Å². The largest absolute Gasteiger partial charge is 0.274 e. The van der Waals surface area contributed by atoms with Gasteiger partial charge in [0, 0.05) is 26.0 Å². The first-order valence-corrected chi connectivity index (χ1v) is 9.46. The van der Waals surface area contributed by atoms with Crippen LogP contribution < -0.4 is 5.43 Å². The first-order valence-electron chi connectivity index (χ1n) is 6.05. The van der Waals surface area contributed by atoms with Crippen LogP contribution in [0, 0.1) is 7.14 Å². The minimum atomic E-state index is -0.239. The second-order valence-electron chi connectivity index (χ2n) is 4.16. The lowest BCUT2D eigenvalue weighted by molar-refractivity contribution is -0.141. The molecule has 0 aliphatic rings. The van der Waals surface area contributed by atoms with Crippen LogP contribution in [0.4, 0.5) is 0 Å². The van der Waals surface area contributed by atoms with Crippen LogP contribution in [-0.2, 0) is 9.59 Å². The molecule has 0 bridgehead atoms. The van der Waals surface area contributed by atoms with Gasteiger partial charge >= 0.3 is 0 Å². The zero-order valence-electron chi connectivity index (χ0n) is 11.1. The van der Waals surface area contributed by atoms with Crippen LogP contribution in [0.15, 0.2) is 18.2 Å². The summed E-state index contributed by atoms with van der Waals surface area (Å²) in [5.41, 5.74) is 3.67. The van der Waals surface area contributed by atoms with Crippen LogP contribution in [-0.4, -0.2) is 16.8 Å². The third kappa shape index (κ3) is 4.97. The van der Waals surface area contributed by atoms with Crippen LogP contribution in [0.2, 0.25) is 0 Å². The molecule has 110 valence electrons. The Morgan fingerprint density at radius 1 is 1.35 bits per heavy atom. The zero-order chi connectivity index (χ0) is 15.3. The average Bonchev–Trinajstić information content (AvgIpc) is 2.38. The molecule has 0 heterocycles. The predicted molar refractivity (Wildman–Crippen MR) is 104 cm³/mol. The van der Waals surface area contributed by atoms with Crippen molar-refractivity contribution >= 4 is 79.6 Å². The summed E-state index contributed by atoms with van der Waals surface area (Å²) in [6, 6.07) is 5.96. The highest BCUT2D eigenvalue weighted by Gasteiger charge is 2.25. The Bertz CT molecular complexity index is 508. The third-order valence-corrected chi connectivity index (χ3v) is 6.84. The zero-order valence-corrected chi connectivity index (χ0v) is 17.6. The van der Waals surface area contributed by atoms with Crippen LogP contribution in [0.1, 0.15) is 36.3 Å². The summed E-state index contributed by atoms with van der Waals surface area (Å²) >= 11 is 6.72. The van der Waals surface area contributed by atoms with E-state index in [0.29, 0.717) is 6.42 Å². The lowest BCUT2D eigenvalue weighted by atomic mass is 10.2. The first kappa shape index (κ1) is 18.4. The van der Waals surface area contributed by atoms with Gasteiger partial charge in [-0.2, -0.15) is 0 Å². The molecule has 2 amide bonds. The van der Waals surface area contributed by atoms with Crippen molar-refractivity contribution in [3.63, 3.8) is 0 Å². The van der Waals surface area contributed by atoms with E-state index in [4.69, 9.17) is 0 Å². The number of hydrogen-bond acceptors (Lipinski definition) is 2. The number of hydrogen-bond donors (Lipinski definition) is 1. The second kappa shape index (κ2) is 8.71. The van der Waals surface area contributed by atoms with Crippen LogP contribution in [0.25, 0.3) is 0 Å². The molecule has 0 fully saturated rings. The van der Waals surface area contributed by atoms with E-state index in [1.165, 1.54) is 11.9 Å². The molecule has 0 aliphatic carbocycles. The number of carbonyl (C=O) groups excluding carboxylic acids is 2. The highest BCUT2D eigenvalue weighted by Crippen LogP contribution is 2.32. The van der Waals surface area contributed by atoms with E-state index in [9.17, 15) is 9.59 Å². The van der Waals surface area contributed by atoms with Gasteiger partial charge in [0.15, 0.2) is 0 Å². The number of nitrogens with one attached hydrogen (secondary N) is 1. The number of halogens is 3. The summed E-state index contributed by atoms with van der Waals surface area (Å²) in [6.45, 7) is 3.36. The number of carbonyl (C=O) groups is 2. The quantitative estimate of drug-likeness (QED) is 0.242. The fraction of sp³-hybridized carbons (Fsp3) is 0.385. The topological polar surface area (TPSA) is 49.4 Å². The van der Waals surface area contributed by atoms with Gasteiger partial charge in [0.05, 0.1) is 0 Å². The number of amides is 2. The normalized spacial score (nSPS) is 11.8. The molecule has 1 aromatic carbocycles. The van der Waals surface area contributed by atoms with E-state index in [-0.39, 0.29) is 15.9 Å². The summed E-state index contributed by atoms with van der Waals surface area (Å²) in [5, 5.41) is 1.43. The summed E-state index contributed by atoms with van der Waals surface area (Å²) < 4.78 is 2.01. The number of hydrazine groups is 1. The van der Waals surface area contributed by atoms with Crippen molar-refractivity contribution in [3.05, 3.63) is 30.9 Å². The minimum absolute atomic E-state index is 0.0724. The maximum atomic E-state index is 12.2. The first-order chi connectivity index (χ1) is 9.38. The van der Waals surface area contributed by atoms with E-state index in [1.54, 1.807) is 0 Å². The maximum Gasteiger partial charge on any atom is 0.242 e. The molecule has 0 saturated heterocycles. The monoisotopic (exact) mass is 612 g/mol. The highest BCUT2D eigenvalue weighted by molar-refractivity contribution is 14.1. The van der Waals surface area contributed by atoms with Gasteiger partial charge in [-0.1, -0.05) is 41.6 Å². The summed E-state index contributed by atoms with van der Waals surface area (Å²) in [4.78, 5) is 23.5.